The molecule has 2 aromatic rings. The Morgan fingerprint density at radius 2 is 1.95 bits per heavy atom. The van der Waals surface area contributed by atoms with Gasteiger partial charge in [0, 0.05) is 22.9 Å². The van der Waals surface area contributed by atoms with E-state index < -0.39 is 11.6 Å². The van der Waals surface area contributed by atoms with Crippen LogP contribution in [0.3, 0.4) is 0 Å². The van der Waals surface area contributed by atoms with Crippen LogP contribution in [-0.2, 0) is 12.2 Å². The molecule has 1 aromatic heterocycles. The number of nitrogens with one attached hydrogen (secondary N) is 1. The number of hydrogen-bond acceptors (Lipinski definition) is 3. The maximum atomic E-state index is 13.2. The van der Waals surface area contributed by atoms with Crippen LogP contribution < -0.4 is 5.56 Å². The van der Waals surface area contributed by atoms with E-state index in [-0.39, 0.29) is 16.9 Å². The summed E-state index contributed by atoms with van der Waals surface area (Å²) in [5, 5.41) is 0. The quantitative estimate of drug-likeness (QED) is 0.873. The molecule has 0 amide bonds. The van der Waals surface area contributed by atoms with Crippen molar-refractivity contribution in [3.05, 3.63) is 51.4 Å². The molecule has 2 heterocycles. The third-order valence-electron chi connectivity index (χ3n) is 2.97. The van der Waals surface area contributed by atoms with Crippen LogP contribution in [0.1, 0.15) is 11.3 Å². The van der Waals surface area contributed by atoms with Gasteiger partial charge in [0.2, 0.25) is 0 Å². The zero-order chi connectivity index (χ0) is 13.4. The summed E-state index contributed by atoms with van der Waals surface area (Å²) >= 11 is 1.68. The molecule has 1 aliphatic heterocycles. The van der Waals surface area contributed by atoms with Crippen molar-refractivity contribution in [2.24, 2.45) is 0 Å². The zero-order valence-corrected chi connectivity index (χ0v) is 10.7. The standard InChI is InChI=1S/C13H10F2N2OS/c14-8-3-7(4-9(15)5-8)12-16-11-1-2-19-6-10(11)13(18)17-12/h3-5H,1-2,6H2,(H,16,17,18). The van der Waals surface area contributed by atoms with E-state index in [2.05, 4.69) is 9.97 Å². The predicted octanol–water partition coefficient (Wildman–Crippen LogP) is 2.50. The highest BCUT2D eigenvalue weighted by Gasteiger charge is 2.16. The fourth-order valence-corrected chi connectivity index (χ4v) is 3.05. The van der Waals surface area contributed by atoms with Crippen molar-refractivity contribution < 1.29 is 8.78 Å². The topological polar surface area (TPSA) is 45.8 Å². The molecule has 0 spiro atoms. The van der Waals surface area contributed by atoms with Crippen LogP contribution in [0.5, 0.6) is 0 Å². The molecule has 1 aromatic carbocycles. The highest BCUT2D eigenvalue weighted by molar-refractivity contribution is 7.98. The lowest BCUT2D eigenvalue weighted by molar-refractivity contribution is 0.584. The molecule has 3 nitrogen and oxygen atoms in total. The summed E-state index contributed by atoms with van der Waals surface area (Å²) in [6, 6.07) is 3.10. The van der Waals surface area contributed by atoms with E-state index in [1.165, 1.54) is 0 Å². The van der Waals surface area contributed by atoms with Crippen molar-refractivity contribution in [2.75, 3.05) is 5.75 Å². The number of benzene rings is 1. The Morgan fingerprint density at radius 3 is 2.68 bits per heavy atom. The smallest absolute Gasteiger partial charge is 0.255 e. The molecule has 3 rings (SSSR count). The Labute approximate surface area is 112 Å². The number of halogens is 2. The van der Waals surface area contributed by atoms with Gasteiger partial charge in [-0.1, -0.05) is 0 Å². The number of thioether (sulfide) groups is 1. The summed E-state index contributed by atoms with van der Waals surface area (Å²) in [7, 11) is 0. The Hall–Kier alpha value is -1.69. The number of fused-ring (bicyclic) bond motifs is 1. The summed E-state index contributed by atoms with van der Waals surface area (Å²) in [6.07, 6.45) is 0.703. The molecule has 1 aliphatic rings. The second kappa shape index (κ2) is 4.77. The monoisotopic (exact) mass is 280 g/mol. The zero-order valence-electron chi connectivity index (χ0n) is 9.87. The van der Waals surface area contributed by atoms with Gasteiger partial charge in [0.05, 0.1) is 5.69 Å². The van der Waals surface area contributed by atoms with Crippen molar-refractivity contribution in [3.8, 4) is 11.4 Å². The van der Waals surface area contributed by atoms with Gasteiger partial charge in [-0.15, -0.1) is 0 Å². The van der Waals surface area contributed by atoms with E-state index >= 15 is 0 Å². The van der Waals surface area contributed by atoms with Gasteiger partial charge < -0.3 is 4.98 Å². The van der Waals surface area contributed by atoms with E-state index in [9.17, 15) is 13.6 Å². The lowest BCUT2D eigenvalue weighted by Gasteiger charge is -2.14. The molecule has 19 heavy (non-hydrogen) atoms. The van der Waals surface area contributed by atoms with Gasteiger partial charge in [-0.3, -0.25) is 4.79 Å². The lowest BCUT2D eigenvalue weighted by Crippen LogP contribution is -2.21. The van der Waals surface area contributed by atoms with Gasteiger partial charge in [0.15, 0.2) is 0 Å². The van der Waals surface area contributed by atoms with Gasteiger partial charge in [0.25, 0.3) is 5.56 Å². The average molecular weight is 280 g/mol. The van der Waals surface area contributed by atoms with Crippen LogP contribution in [0.25, 0.3) is 11.4 Å². The molecule has 0 radical (unpaired) electrons. The van der Waals surface area contributed by atoms with Crippen LogP contribution in [-0.4, -0.2) is 15.7 Å². The molecular formula is C13H10F2N2OS. The first-order valence-electron chi connectivity index (χ1n) is 5.80. The van der Waals surface area contributed by atoms with E-state index in [4.69, 9.17) is 0 Å². The van der Waals surface area contributed by atoms with Crippen LogP contribution in [0.4, 0.5) is 8.78 Å². The van der Waals surface area contributed by atoms with Crippen LogP contribution in [0, 0.1) is 11.6 Å². The summed E-state index contributed by atoms with van der Waals surface area (Å²) in [5.74, 6) is 0.376. The van der Waals surface area contributed by atoms with E-state index in [0.717, 1.165) is 29.6 Å². The minimum absolute atomic E-state index is 0.217. The molecule has 0 atom stereocenters. The fraction of sp³-hybridized carbons (Fsp3) is 0.231. The Bertz CT molecular complexity index is 679. The Balaban J connectivity index is 2.15. The molecule has 6 heteroatoms. The van der Waals surface area contributed by atoms with Gasteiger partial charge in [-0.25, -0.2) is 13.8 Å². The molecule has 0 unspecified atom stereocenters. The van der Waals surface area contributed by atoms with Crippen molar-refractivity contribution in [1.29, 1.82) is 0 Å². The second-order valence-corrected chi connectivity index (χ2v) is 5.41. The van der Waals surface area contributed by atoms with E-state index in [1.807, 2.05) is 0 Å². The normalized spacial score (nSPS) is 14.2. The maximum Gasteiger partial charge on any atom is 0.255 e. The van der Waals surface area contributed by atoms with Gasteiger partial charge in [0.1, 0.15) is 17.5 Å². The highest BCUT2D eigenvalue weighted by Crippen LogP contribution is 2.23. The molecule has 0 saturated heterocycles. The summed E-state index contributed by atoms with van der Waals surface area (Å²) in [4.78, 5) is 18.8. The lowest BCUT2D eigenvalue weighted by atomic mass is 10.1. The molecule has 0 bridgehead atoms. The van der Waals surface area contributed by atoms with Gasteiger partial charge >= 0.3 is 0 Å². The predicted molar refractivity (Wildman–Crippen MR) is 70.1 cm³/mol. The van der Waals surface area contributed by atoms with Gasteiger partial charge in [-0.05, 0) is 24.3 Å². The molecular weight excluding hydrogens is 270 g/mol. The summed E-state index contributed by atoms with van der Waals surface area (Å²) in [6.45, 7) is 0. The molecule has 1 N–H and O–H groups in total. The van der Waals surface area contributed by atoms with Gasteiger partial charge in [-0.2, -0.15) is 11.8 Å². The maximum absolute atomic E-state index is 13.2. The van der Waals surface area contributed by atoms with Crippen LogP contribution in [0.2, 0.25) is 0 Å². The first-order valence-corrected chi connectivity index (χ1v) is 6.95. The third-order valence-corrected chi connectivity index (χ3v) is 3.95. The summed E-state index contributed by atoms with van der Waals surface area (Å²) in [5.41, 5.74) is 1.41. The van der Waals surface area contributed by atoms with E-state index in [0.29, 0.717) is 17.7 Å². The first-order chi connectivity index (χ1) is 9.13. The van der Waals surface area contributed by atoms with Crippen LogP contribution >= 0.6 is 11.8 Å². The number of aromatic nitrogens is 2. The van der Waals surface area contributed by atoms with E-state index in [1.54, 1.807) is 11.8 Å². The van der Waals surface area contributed by atoms with Crippen molar-refractivity contribution >= 4 is 11.8 Å². The molecule has 0 saturated carbocycles. The van der Waals surface area contributed by atoms with Crippen molar-refractivity contribution in [2.45, 2.75) is 12.2 Å². The Kier molecular flexibility index (Phi) is 3.10. The molecule has 0 fully saturated rings. The number of aromatic amines is 1. The number of H-pyrrole nitrogens is 1. The first kappa shape index (κ1) is 12.3. The Morgan fingerprint density at radius 1 is 1.21 bits per heavy atom. The average Bonchev–Trinajstić information content (AvgIpc) is 2.37. The molecule has 0 aliphatic carbocycles. The van der Waals surface area contributed by atoms with Crippen molar-refractivity contribution in [3.63, 3.8) is 0 Å². The highest BCUT2D eigenvalue weighted by atomic mass is 32.2. The van der Waals surface area contributed by atoms with Crippen LogP contribution in [0.15, 0.2) is 23.0 Å². The largest absolute Gasteiger partial charge is 0.306 e. The number of hydrogen-bond donors (Lipinski definition) is 1. The minimum atomic E-state index is -0.689. The second-order valence-electron chi connectivity index (χ2n) is 4.30. The number of aryl methyl sites for hydroxylation is 1. The van der Waals surface area contributed by atoms with Crippen molar-refractivity contribution in [1.82, 2.24) is 9.97 Å². The molecule has 98 valence electrons. The SMILES string of the molecule is O=c1[nH]c(-c2cc(F)cc(F)c2)nc2c1CSCC2. The summed E-state index contributed by atoms with van der Waals surface area (Å²) < 4.78 is 26.4. The fourth-order valence-electron chi connectivity index (χ4n) is 2.07. The number of nitrogens with zero attached hydrogens (tertiary/aromatic N) is 1. The minimum Gasteiger partial charge on any atom is -0.306 e. The number of rotatable bonds is 1. The third kappa shape index (κ3) is 2.40.